The third-order valence-corrected chi connectivity index (χ3v) is 2.40. The lowest BCUT2D eigenvalue weighted by atomic mass is 10.3. The van der Waals surface area contributed by atoms with E-state index in [1.807, 2.05) is 0 Å². The molecule has 0 amide bonds. The van der Waals surface area contributed by atoms with Crippen molar-refractivity contribution in [3.05, 3.63) is 38.9 Å². The number of nitro groups is 1. The molecule has 17 heavy (non-hydrogen) atoms. The van der Waals surface area contributed by atoms with Crippen molar-refractivity contribution in [2.24, 2.45) is 0 Å². The molecule has 0 saturated carbocycles. The van der Waals surface area contributed by atoms with E-state index in [0.717, 1.165) is 0 Å². The number of nitrogens with zero attached hydrogens (tertiary/aromatic N) is 2. The van der Waals surface area contributed by atoms with Gasteiger partial charge in [-0.15, -0.1) is 0 Å². The molecule has 0 fully saturated rings. The topological polar surface area (TPSA) is 98.5 Å². The minimum atomic E-state index is -0.575. The van der Waals surface area contributed by atoms with Crippen LogP contribution < -0.4 is 5.76 Å². The Bertz CT molecular complexity index is 613. The summed E-state index contributed by atoms with van der Waals surface area (Å²) in [5, 5.41) is 19.3. The van der Waals surface area contributed by atoms with Gasteiger partial charge >= 0.3 is 5.76 Å². The van der Waals surface area contributed by atoms with Crippen LogP contribution in [-0.2, 0) is 6.54 Å². The Balaban J connectivity index is 2.57. The van der Waals surface area contributed by atoms with Gasteiger partial charge in [-0.1, -0.05) is 0 Å². The van der Waals surface area contributed by atoms with Crippen molar-refractivity contribution in [1.82, 2.24) is 4.57 Å². The second-order valence-corrected chi connectivity index (χ2v) is 3.51. The van der Waals surface area contributed by atoms with E-state index in [-0.39, 0.29) is 18.8 Å². The van der Waals surface area contributed by atoms with E-state index in [0.29, 0.717) is 17.5 Å². The summed E-state index contributed by atoms with van der Waals surface area (Å²) in [5.74, 6) is -0.575. The number of aliphatic hydroxyl groups excluding tert-OH is 1. The van der Waals surface area contributed by atoms with E-state index >= 15 is 0 Å². The van der Waals surface area contributed by atoms with Crippen LogP contribution in [0.3, 0.4) is 0 Å². The number of aliphatic hydroxyl groups is 1. The number of oxazole rings is 1. The van der Waals surface area contributed by atoms with Crippen LogP contribution >= 0.6 is 0 Å². The van der Waals surface area contributed by atoms with Crippen LogP contribution in [0.2, 0.25) is 0 Å². The Kier molecular flexibility index (Phi) is 2.92. The van der Waals surface area contributed by atoms with Gasteiger partial charge in [-0.25, -0.2) is 4.79 Å². The van der Waals surface area contributed by atoms with Crippen LogP contribution in [0.1, 0.15) is 6.42 Å². The zero-order valence-corrected chi connectivity index (χ0v) is 8.83. The van der Waals surface area contributed by atoms with Crippen molar-refractivity contribution < 1.29 is 14.4 Å². The molecule has 1 heterocycles. The third-order valence-electron chi connectivity index (χ3n) is 2.40. The molecule has 2 aromatic rings. The highest BCUT2D eigenvalue weighted by atomic mass is 16.6. The van der Waals surface area contributed by atoms with Crippen LogP contribution in [0.15, 0.2) is 27.4 Å². The van der Waals surface area contributed by atoms with E-state index in [2.05, 4.69) is 0 Å². The molecular formula is C10H10N2O5. The van der Waals surface area contributed by atoms with Crippen molar-refractivity contribution >= 4 is 16.8 Å². The van der Waals surface area contributed by atoms with Crippen molar-refractivity contribution in [2.45, 2.75) is 13.0 Å². The van der Waals surface area contributed by atoms with E-state index in [1.165, 1.54) is 22.8 Å². The third kappa shape index (κ3) is 2.04. The average molecular weight is 238 g/mol. The molecule has 7 nitrogen and oxygen atoms in total. The van der Waals surface area contributed by atoms with Gasteiger partial charge in [0.2, 0.25) is 0 Å². The second-order valence-electron chi connectivity index (χ2n) is 3.51. The molecule has 0 bridgehead atoms. The number of aromatic nitrogens is 1. The number of hydrogen-bond acceptors (Lipinski definition) is 5. The Morgan fingerprint density at radius 2 is 2.24 bits per heavy atom. The largest absolute Gasteiger partial charge is 0.419 e. The van der Waals surface area contributed by atoms with Gasteiger partial charge in [0.15, 0.2) is 5.58 Å². The number of nitro benzene ring substituents is 1. The van der Waals surface area contributed by atoms with E-state index in [4.69, 9.17) is 9.52 Å². The molecule has 90 valence electrons. The fourth-order valence-electron chi connectivity index (χ4n) is 1.60. The summed E-state index contributed by atoms with van der Waals surface area (Å²) in [6, 6.07) is 3.96. The summed E-state index contributed by atoms with van der Waals surface area (Å²) in [5.41, 5.74) is 0.576. The Labute approximate surface area is 95.0 Å². The minimum absolute atomic E-state index is 0.0615. The molecule has 1 N–H and O–H groups in total. The average Bonchev–Trinajstić information content (AvgIpc) is 2.61. The molecule has 0 radical (unpaired) electrons. The van der Waals surface area contributed by atoms with E-state index in [1.54, 1.807) is 0 Å². The zero-order valence-electron chi connectivity index (χ0n) is 8.83. The molecule has 0 aliphatic carbocycles. The maximum absolute atomic E-state index is 11.5. The van der Waals surface area contributed by atoms with Gasteiger partial charge in [-0.2, -0.15) is 0 Å². The lowest BCUT2D eigenvalue weighted by Gasteiger charge is -1.99. The molecular weight excluding hydrogens is 228 g/mol. The lowest BCUT2D eigenvalue weighted by Crippen LogP contribution is -2.14. The van der Waals surface area contributed by atoms with Gasteiger partial charge < -0.3 is 9.52 Å². The van der Waals surface area contributed by atoms with Crippen molar-refractivity contribution in [3.8, 4) is 0 Å². The zero-order chi connectivity index (χ0) is 12.4. The number of non-ortho nitro benzene ring substituents is 1. The lowest BCUT2D eigenvalue weighted by molar-refractivity contribution is -0.384. The quantitative estimate of drug-likeness (QED) is 0.629. The van der Waals surface area contributed by atoms with Crippen LogP contribution in [-0.4, -0.2) is 21.2 Å². The van der Waals surface area contributed by atoms with Crippen LogP contribution in [0.5, 0.6) is 0 Å². The number of fused-ring (bicyclic) bond motifs is 1. The van der Waals surface area contributed by atoms with Crippen LogP contribution in [0.4, 0.5) is 5.69 Å². The number of aryl methyl sites for hydroxylation is 1. The highest BCUT2D eigenvalue weighted by Crippen LogP contribution is 2.20. The molecule has 1 aromatic heterocycles. The molecule has 7 heteroatoms. The first-order valence-electron chi connectivity index (χ1n) is 5.02. The Morgan fingerprint density at radius 3 is 2.88 bits per heavy atom. The first-order valence-corrected chi connectivity index (χ1v) is 5.02. The summed E-state index contributed by atoms with van der Waals surface area (Å²) < 4.78 is 6.21. The van der Waals surface area contributed by atoms with Gasteiger partial charge in [0, 0.05) is 25.3 Å². The predicted octanol–water partition coefficient (Wildman–Crippen LogP) is 0.885. The molecule has 0 saturated heterocycles. The van der Waals surface area contributed by atoms with Gasteiger partial charge in [0.1, 0.15) is 0 Å². The SMILES string of the molecule is O=c1oc2ccc([N+](=O)[O-])cc2n1CCCO. The van der Waals surface area contributed by atoms with Crippen molar-refractivity contribution in [3.63, 3.8) is 0 Å². The monoisotopic (exact) mass is 238 g/mol. The molecule has 0 atom stereocenters. The molecule has 2 rings (SSSR count). The first-order chi connectivity index (χ1) is 8.13. The van der Waals surface area contributed by atoms with Gasteiger partial charge in [-0.3, -0.25) is 14.7 Å². The Hall–Kier alpha value is -2.15. The molecule has 0 unspecified atom stereocenters. The summed E-state index contributed by atoms with van der Waals surface area (Å²) in [6.45, 7) is 0.206. The van der Waals surface area contributed by atoms with Crippen LogP contribution in [0, 0.1) is 10.1 Å². The summed E-state index contributed by atoms with van der Waals surface area (Å²) in [4.78, 5) is 21.6. The van der Waals surface area contributed by atoms with Crippen molar-refractivity contribution in [1.29, 1.82) is 0 Å². The maximum atomic E-state index is 11.5. The minimum Gasteiger partial charge on any atom is -0.408 e. The first kappa shape index (κ1) is 11.3. The molecule has 0 aliphatic rings. The van der Waals surface area contributed by atoms with E-state index < -0.39 is 10.7 Å². The van der Waals surface area contributed by atoms with Crippen LogP contribution in [0.25, 0.3) is 11.1 Å². The summed E-state index contributed by atoms with van der Waals surface area (Å²) in [7, 11) is 0. The normalized spacial score (nSPS) is 10.9. The van der Waals surface area contributed by atoms with Gasteiger partial charge in [0.25, 0.3) is 5.69 Å². The summed E-state index contributed by atoms with van der Waals surface area (Å²) >= 11 is 0. The molecule has 1 aromatic carbocycles. The van der Waals surface area contributed by atoms with E-state index in [9.17, 15) is 14.9 Å². The fraction of sp³-hybridized carbons (Fsp3) is 0.300. The standard InChI is InChI=1S/C10H10N2O5/c13-5-1-4-11-8-6-7(12(15)16)2-3-9(8)17-10(11)14/h2-3,6,13H,1,4-5H2. The number of rotatable bonds is 4. The number of benzene rings is 1. The molecule has 0 spiro atoms. The van der Waals surface area contributed by atoms with Crippen molar-refractivity contribution in [2.75, 3.05) is 6.61 Å². The maximum Gasteiger partial charge on any atom is 0.419 e. The van der Waals surface area contributed by atoms with Gasteiger partial charge in [0.05, 0.1) is 10.4 Å². The summed E-state index contributed by atoms with van der Waals surface area (Å²) in [6.07, 6.45) is 0.386. The number of hydrogen-bond donors (Lipinski definition) is 1. The van der Waals surface area contributed by atoms with Gasteiger partial charge in [-0.05, 0) is 12.5 Å². The highest BCUT2D eigenvalue weighted by molar-refractivity contribution is 5.75. The molecule has 0 aliphatic heterocycles. The second kappa shape index (κ2) is 4.38. The Morgan fingerprint density at radius 1 is 1.47 bits per heavy atom. The predicted molar refractivity (Wildman–Crippen MR) is 58.8 cm³/mol. The fourth-order valence-corrected chi connectivity index (χ4v) is 1.60. The highest BCUT2D eigenvalue weighted by Gasteiger charge is 2.13. The smallest absolute Gasteiger partial charge is 0.408 e.